The van der Waals surface area contributed by atoms with Gasteiger partial charge in [-0.2, -0.15) is 0 Å². The Bertz CT molecular complexity index is 626. The van der Waals surface area contributed by atoms with Crippen LogP contribution in [0.1, 0.15) is 43.4 Å². The monoisotopic (exact) mass is 260 g/mol. The van der Waals surface area contributed by atoms with Crippen molar-refractivity contribution in [2.75, 3.05) is 0 Å². The van der Waals surface area contributed by atoms with Crippen molar-refractivity contribution in [1.29, 1.82) is 0 Å². The topological polar surface area (TPSA) is 55.1 Å². The van der Waals surface area contributed by atoms with Crippen molar-refractivity contribution in [1.82, 2.24) is 9.55 Å². The average molecular weight is 260 g/mol. The third-order valence-electron chi connectivity index (χ3n) is 3.74. The first-order chi connectivity index (χ1) is 8.85. The van der Waals surface area contributed by atoms with Crippen molar-refractivity contribution < 1.29 is 9.90 Å². The minimum absolute atomic E-state index is 0.164. The fourth-order valence-corrected chi connectivity index (χ4v) is 2.18. The van der Waals surface area contributed by atoms with Gasteiger partial charge in [-0.25, -0.2) is 9.78 Å². The van der Waals surface area contributed by atoms with Crippen molar-refractivity contribution in [2.24, 2.45) is 5.41 Å². The van der Waals surface area contributed by atoms with Crippen molar-refractivity contribution in [2.45, 2.75) is 40.7 Å². The Morgan fingerprint density at radius 3 is 2.68 bits per heavy atom. The van der Waals surface area contributed by atoms with E-state index in [0.29, 0.717) is 5.52 Å². The van der Waals surface area contributed by atoms with E-state index in [2.05, 4.69) is 30.3 Å². The van der Waals surface area contributed by atoms with Crippen molar-refractivity contribution in [3.8, 4) is 0 Å². The van der Waals surface area contributed by atoms with Gasteiger partial charge in [0, 0.05) is 6.54 Å². The summed E-state index contributed by atoms with van der Waals surface area (Å²) in [6.45, 7) is 9.35. The van der Waals surface area contributed by atoms with Crippen molar-refractivity contribution >= 4 is 17.0 Å². The summed E-state index contributed by atoms with van der Waals surface area (Å²) >= 11 is 0. The number of hydrogen-bond donors (Lipinski definition) is 1. The lowest BCUT2D eigenvalue weighted by molar-refractivity contribution is 0.0699. The fourth-order valence-electron chi connectivity index (χ4n) is 2.18. The largest absolute Gasteiger partial charge is 0.478 e. The Morgan fingerprint density at radius 2 is 2.11 bits per heavy atom. The maximum Gasteiger partial charge on any atom is 0.337 e. The highest BCUT2D eigenvalue weighted by atomic mass is 16.4. The first-order valence-electron chi connectivity index (χ1n) is 6.55. The van der Waals surface area contributed by atoms with Crippen LogP contribution in [0.5, 0.6) is 0 Å². The Morgan fingerprint density at radius 1 is 1.42 bits per heavy atom. The summed E-state index contributed by atoms with van der Waals surface area (Å²) in [5.74, 6) is -0.0600. The Balaban J connectivity index is 2.60. The molecule has 102 valence electrons. The van der Waals surface area contributed by atoms with Gasteiger partial charge in [-0.1, -0.05) is 26.8 Å². The molecular weight excluding hydrogens is 240 g/mol. The van der Waals surface area contributed by atoms with E-state index in [1.807, 2.05) is 13.0 Å². The van der Waals surface area contributed by atoms with Crippen LogP contribution in [0.15, 0.2) is 18.2 Å². The molecule has 0 fully saturated rings. The average Bonchev–Trinajstić information content (AvgIpc) is 2.65. The van der Waals surface area contributed by atoms with Gasteiger partial charge in [-0.3, -0.25) is 0 Å². The number of aromatic nitrogens is 2. The van der Waals surface area contributed by atoms with Gasteiger partial charge in [0.1, 0.15) is 11.3 Å². The molecular formula is C15H20N2O2. The van der Waals surface area contributed by atoms with E-state index >= 15 is 0 Å². The molecule has 2 rings (SSSR count). The second-order valence-corrected chi connectivity index (χ2v) is 5.74. The Kier molecular flexibility index (Phi) is 3.35. The number of carboxylic acids is 1. The predicted octanol–water partition coefficient (Wildman–Crippen LogP) is 3.48. The van der Waals surface area contributed by atoms with Crippen LogP contribution in [0.4, 0.5) is 0 Å². The molecule has 1 heterocycles. The molecule has 0 aliphatic heterocycles. The number of carboxylic acid groups (broad SMARTS) is 1. The minimum Gasteiger partial charge on any atom is -0.478 e. The normalized spacial score (nSPS) is 12.0. The predicted molar refractivity (Wildman–Crippen MR) is 75.5 cm³/mol. The Hall–Kier alpha value is -1.84. The lowest BCUT2D eigenvalue weighted by atomic mass is 9.90. The van der Waals surface area contributed by atoms with Gasteiger partial charge < -0.3 is 9.67 Å². The molecule has 0 radical (unpaired) electrons. The molecule has 19 heavy (non-hydrogen) atoms. The number of imidazole rings is 1. The summed E-state index contributed by atoms with van der Waals surface area (Å²) in [5, 5.41) is 9.21. The number of nitrogens with zero attached hydrogens (tertiary/aromatic N) is 2. The Labute approximate surface area is 113 Å². The molecule has 0 saturated heterocycles. The number of fused-ring (bicyclic) bond motifs is 1. The van der Waals surface area contributed by atoms with Gasteiger partial charge in [-0.15, -0.1) is 0 Å². The number of benzene rings is 1. The summed E-state index contributed by atoms with van der Waals surface area (Å²) in [7, 11) is 0. The van der Waals surface area contributed by atoms with Crippen LogP contribution in [-0.4, -0.2) is 20.6 Å². The van der Waals surface area contributed by atoms with E-state index in [1.165, 1.54) is 0 Å². The highest BCUT2D eigenvalue weighted by Crippen LogP contribution is 2.27. The van der Waals surface area contributed by atoms with Crippen LogP contribution < -0.4 is 0 Å². The number of hydrogen-bond acceptors (Lipinski definition) is 2. The molecule has 0 spiro atoms. The van der Waals surface area contributed by atoms with E-state index in [0.717, 1.165) is 24.3 Å². The molecule has 0 aliphatic carbocycles. The second kappa shape index (κ2) is 4.68. The van der Waals surface area contributed by atoms with Crippen LogP contribution in [0.25, 0.3) is 11.0 Å². The quantitative estimate of drug-likeness (QED) is 0.915. The zero-order chi connectivity index (χ0) is 14.2. The molecule has 1 aromatic heterocycles. The maximum absolute atomic E-state index is 11.2. The van der Waals surface area contributed by atoms with E-state index in [9.17, 15) is 9.90 Å². The minimum atomic E-state index is -0.926. The van der Waals surface area contributed by atoms with Crippen molar-refractivity contribution in [3.05, 3.63) is 29.6 Å². The molecule has 0 saturated carbocycles. The molecule has 0 aliphatic rings. The number of rotatable bonds is 4. The van der Waals surface area contributed by atoms with Crippen LogP contribution in [-0.2, 0) is 6.54 Å². The van der Waals surface area contributed by atoms with Gasteiger partial charge in [0.15, 0.2) is 0 Å². The number of carbonyl (C=O) groups is 1. The third-order valence-corrected chi connectivity index (χ3v) is 3.74. The first-order valence-corrected chi connectivity index (χ1v) is 6.55. The maximum atomic E-state index is 11.2. The zero-order valence-corrected chi connectivity index (χ0v) is 11.9. The third kappa shape index (κ3) is 2.48. The molecule has 2 aromatic rings. The molecule has 4 nitrogen and oxygen atoms in total. The van der Waals surface area contributed by atoms with Crippen LogP contribution in [0, 0.1) is 12.3 Å². The molecule has 4 heteroatoms. The summed E-state index contributed by atoms with van der Waals surface area (Å²) in [6, 6.07) is 5.32. The molecule has 0 bridgehead atoms. The smallest absolute Gasteiger partial charge is 0.337 e. The van der Waals surface area contributed by atoms with Gasteiger partial charge in [0.2, 0.25) is 0 Å². The lowest BCUT2D eigenvalue weighted by Crippen LogP contribution is -2.19. The lowest BCUT2D eigenvalue weighted by Gasteiger charge is -2.24. The van der Waals surface area contributed by atoms with Gasteiger partial charge in [0.05, 0.1) is 11.1 Å². The molecule has 0 unspecified atom stereocenters. The van der Waals surface area contributed by atoms with Crippen LogP contribution in [0.2, 0.25) is 0 Å². The highest BCUT2D eigenvalue weighted by molar-refractivity contribution is 6.01. The summed E-state index contributed by atoms with van der Waals surface area (Å²) in [4.78, 5) is 15.7. The number of para-hydroxylation sites is 1. The van der Waals surface area contributed by atoms with Gasteiger partial charge in [-0.05, 0) is 30.9 Å². The van der Waals surface area contributed by atoms with Crippen LogP contribution in [0.3, 0.4) is 0 Å². The van der Waals surface area contributed by atoms with E-state index < -0.39 is 5.97 Å². The highest BCUT2D eigenvalue weighted by Gasteiger charge is 2.20. The van der Waals surface area contributed by atoms with Crippen molar-refractivity contribution in [3.63, 3.8) is 0 Å². The van der Waals surface area contributed by atoms with Gasteiger partial charge in [0.25, 0.3) is 0 Å². The first kappa shape index (κ1) is 13.6. The number of aromatic carboxylic acids is 1. The second-order valence-electron chi connectivity index (χ2n) is 5.74. The van der Waals surface area contributed by atoms with E-state index in [4.69, 9.17) is 0 Å². The zero-order valence-electron chi connectivity index (χ0n) is 11.9. The standard InChI is InChI=1S/C15H20N2O2/c1-5-15(3,4)9-17-10(2)16-13-11(14(18)19)7-6-8-12(13)17/h6-8H,5,9H2,1-4H3,(H,18,19). The molecule has 0 amide bonds. The summed E-state index contributed by atoms with van der Waals surface area (Å²) in [5.41, 5.74) is 1.92. The molecule has 1 aromatic carbocycles. The fraction of sp³-hybridized carbons (Fsp3) is 0.467. The SMILES string of the molecule is CCC(C)(C)Cn1c(C)nc2c(C(=O)O)cccc21. The molecule has 0 atom stereocenters. The molecule has 1 N–H and O–H groups in total. The summed E-state index contributed by atoms with van der Waals surface area (Å²) < 4.78 is 2.12. The van der Waals surface area contributed by atoms with Crippen LogP contribution >= 0.6 is 0 Å². The summed E-state index contributed by atoms with van der Waals surface area (Å²) in [6.07, 6.45) is 1.06. The number of aryl methyl sites for hydroxylation is 1. The van der Waals surface area contributed by atoms with E-state index in [1.54, 1.807) is 12.1 Å². The van der Waals surface area contributed by atoms with Gasteiger partial charge >= 0.3 is 5.97 Å². The van der Waals surface area contributed by atoms with E-state index in [-0.39, 0.29) is 11.0 Å².